The van der Waals surface area contributed by atoms with Crippen LogP contribution in [0, 0.1) is 17.0 Å². The lowest BCUT2D eigenvalue weighted by molar-refractivity contribution is -0.384. The fraction of sp³-hybridized carbons (Fsp3) is 0.238. The number of aryl methyl sites for hydroxylation is 1. The van der Waals surface area contributed by atoms with Crippen LogP contribution >= 0.6 is 34.3 Å². The second kappa shape index (κ2) is 7.74. The van der Waals surface area contributed by atoms with Crippen LogP contribution in [0.15, 0.2) is 36.4 Å². The first kappa shape index (κ1) is 20.2. The Bertz CT molecular complexity index is 1300. The molecule has 1 amide bonds. The van der Waals surface area contributed by atoms with Gasteiger partial charge in [-0.1, -0.05) is 29.0 Å². The average Bonchev–Trinajstić information content (AvgIpc) is 3.41. The smallest absolute Gasteiger partial charge is 0.270 e. The minimum atomic E-state index is -0.422. The van der Waals surface area contributed by atoms with Crippen molar-refractivity contribution < 1.29 is 9.72 Å². The number of thiazole rings is 1. The van der Waals surface area contributed by atoms with Crippen LogP contribution in [-0.2, 0) is 0 Å². The van der Waals surface area contributed by atoms with Crippen molar-refractivity contribution in [3.05, 3.63) is 62.0 Å². The van der Waals surface area contributed by atoms with Crippen LogP contribution < -0.4 is 4.90 Å². The van der Waals surface area contributed by atoms with Gasteiger partial charge in [-0.25, -0.2) is 4.98 Å². The number of nitrogens with zero attached hydrogens (tertiary/aromatic N) is 4. The molecule has 0 saturated carbocycles. The van der Waals surface area contributed by atoms with Crippen LogP contribution in [0.25, 0.3) is 20.3 Å². The molecule has 7 nitrogen and oxygen atoms in total. The quantitative estimate of drug-likeness (QED) is 0.297. The van der Waals surface area contributed by atoms with Gasteiger partial charge in [0.2, 0.25) is 0 Å². The summed E-state index contributed by atoms with van der Waals surface area (Å²) in [5.41, 5.74) is 2.06. The molecule has 1 aliphatic rings. The fourth-order valence-electron chi connectivity index (χ4n) is 3.73. The summed E-state index contributed by atoms with van der Waals surface area (Å²) in [6, 6.07) is 10.3. The molecule has 0 spiro atoms. The summed E-state index contributed by atoms with van der Waals surface area (Å²) in [5.74, 6) is -0.0355. The van der Waals surface area contributed by atoms with Crippen molar-refractivity contribution in [3.8, 4) is 0 Å². The van der Waals surface area contributed by atoms with Crippen molar-refractivity contribution in [1.82, 2.24) is 9.88 Å². The molecule has 4 aromatic rings. The maximum atomic E-state index is 13.0. The predicted octanol–water partition coefficient (Wildman–Crippen LogP) is 5.34. The van der Waals surface area contributed by atoms with E-state index in [4.69, 9.17) is 16.6 Å². The van der Waals surface area contributed by atoms with Gasteiger partial charge in [0.25, 0.3) is 11.6 Å². The van der Waals surface area contributed by atoms with Crippen molar-refractivity contribution in [1.29, 1.82) is 0 Å². The largest absolute Gasteiger partial charge is 0.345 e. The molecular weight excluding hydrogens is 456 g/mol. The van der Waals surface area contributed by atoms with Crippen molar-refractivity contribution in [2.75, 3.05) is 31.1 Å². The van der Waals surface area contributed by atoms with E-state index < -0.39 is 4.92 Å². The number of rotatable bonds is 3. The van der Waals surface area contributed by atoms with Gasteiger partial charge in [-0.05, 0) is 30.7 Å². The number of fused-ring (bicyclic) bond motifs is 2. The molecule has 1 fully saturated rings. The van der Waals surface area contributed by atoms with Gasteiger partial charge < -0.3 is 9.80 Å². The monoisotopic (exact) mass is 472 g/mol. The normalized spacial score (nSPS) is 14.5. The zero-order chi connectivity index (χ0) is 21.7. The number of benzene rings is 2. The minimum absolute atomic E-state index is 0.0316. The molecule has 0 atom stereocenters. The number of carbonyl (C=O) groups excluding carboxylic acids is 1. The van der Waals surface area contributed by atoms with Gasteiger partial charge in [-0.3, -0.25) is 14.9 Å². The molecule has 0 N–H and O–H groups in total. The third-order valence-corrected chi connectivity index (χ3v) is 8.13. The number of nitro benzene ring substituents is 1. The molecule has 3 heterocycles. The number of hydrogen-bond acceptors (Lipinski definition) is 7. The highest BCUT2D eigenvalue weighted by atomic mass is 35.5. The second-order valence-corrected chi connectivity index (χ2v) is 9.88. The van der Waals surface area contributed by atoms with Crippen LogP contribution in [0.2, 0.25) is 5.02 Å². The van der Waals surface area contributed by atoms with Crippen LogP contribution in [-0.4, -0.2) is 46.9 Å². The number of piperazine rings is 1. The first-order valence-corrected chi connectivity index (χ1v) is 11.7. The number of halogens is 1. The van der Waals surface area contributed by atoms with E-state index in [0.29, 0.717) is 36.1 Å². The van der Waals surface area contributed by atoms with E-state index in [2.05, 4.69) is 4.90 Å². The molecular formula is C21H17ClN4O3S2. The molecule has 0 unspecified atom stereocenters. The van der Waals surface area contributed by atoms with E-state index >= 15 is 0 Å². The Morgan fingerprint density at radius 1 is 1.13 bits per heavy atom. The van der Waals surface area contributed by atoms with E-state index in [0.717, 1.165) is 31.0 Å². The van der Waals surface area contributed by atoms with Crippen molar-refractivity contribution in [2.45, 2.75) is 6.92 Å². The van der Waals surface area contributed by atoms with Gasteiger partial charge in [0.15, 0.2) is 5.13 Å². The molecule has 10 heteroatoms. The molecule has 1 aliphatic heterocycles. The van der Waals surface area contributed by atoms with Gasteiger partial charge in [0, 0.05) is 48.4 Å². The number of nitro groups is 1. The highest BCUT2D eigenvalue weighted by Gasteiger charge is 2.25. The molecule has 5 rings (SSSR count). The van der Waals surface area contributed by atoms with Gasteiger partial charge >= 0.3 is 0 Å². The third-order valence-electron chi connectivity index (χ3n) is 5.44. The summed E-state index contributed by atoms with van der Waals surface area (Å²) in [6.07, 6.45) is 0. The van der Waals surface area contributed by atoms with Crippen LogP contribution in [0.1, 0.15) is 15.2 Å². The predicted molar refractivity (Wildman–Crippen MR) is 126 cm³/mol. The van der Waals surface area contributed by atoms with Gasteiger partial charge in [-0.2, -0.15) is 0 Å². The SMILES string of the molecule is Cc1ccc(Cl)c2sc(N3CCN(C(=O)c4cc5cc([N+](=O)[O-])ccc5s4)CC3)nc12. The number of carbonyl (C=O) groups is 1. The standard InChI is InChI=1S/C21H17ClN4O3S2/c1-12-2-4-15(22)19-18(12)23-21(31-19)25-8-6-24(7-9-25)20(27)17-11-13-10-14(26(28)29)3-5-16(13)30-17/h2-5,10-11H,6-9H2,1H3. The number of anilines is 1. The molecule has 0 bridgehead atoms. The van der Waals surface area contributed by atoms with Crippen molar-refractivity contribution in [3.63, 3.8) is 0 Å². The maximum absolute atomic E-state index is 13.0. The summed E-state index contributed by atoms with van der Waals surface area (Å²) in [4.78, 5) is 33.0. The average molecular weight is 473 g/mol. The Morgan fingerprint density at radius 2 is 1.90 bits per heavy atom. The lowest BCUT2D eigenvalue weighted by Crippen LogP contribution is -2.48. The van der Waals surface area contributed by atoms with Gasteiger partial charge in [0.1, 0.15) is 0 Å². The van der Waals surface area contributed by atoms with Gasteiger partial charge in [-0.15, -0.1) is 11.3 Å². The van der Waals surface area contributed by atoms with E-state index in [9.17, 15) is 14.9 Å². The molecule has 158 valence electrons. The lowest BCUT2D eigenvalue weighted by Gasteiger charge is -2.34. The Hall–Kier alpha value is -2.75. The Morgan fingerprint density at radius 3 is 2.61 bits per heavy atom. The van der Waals surface area contributed by atoms with Gasteiger partial charge in [0.05, 0.1) is 25.0 Å². The first-order chi connectivity index (χ1) is 14.9. The topological polar surface area (TPSA) is 79.6 Å². The third kappa shape index (κ3) is 3.62. The van der Waals surface area contributed by atoms with Crippen molar-refractivity contribution >= 4 is 71.3 Å². The second-order valence-electron chi connectivity index (χ2n) is 7.41. The molecule has 0 aliphatic carbocycles. The zero-order valence-corrected chi connectivity index (χ0v) is 18.9. The highest BCUT2D eigenvalue weighted by molar-refractivity contribution is 7.23. The zero-order valence-electron chi connectivity index (χ0n) is 16.5. The van der Waals surface area contributed by atoms with Crippen LogP contribution in [0.5, 0.6) is 0 Å². The number of aromatic nitrogens is 1. The van der Waals surface area contributed by atoms with Crippen LogP contribution in [0.4, 0.5) is 10.8 Å². The summed E-state index contributed by atoms with van der Waals surface area (Å²) < 4.78 is 1.86. The van der Waals surface area contributed by atoms with E-state index in [1.54, 1.807) is 23.5 Å². The van der Waals surface area contributed by atoms with E-state index in [1.165, 1.54) is 23.5 Å². The molecule has 1 saturated heterocycles. The number of thiophene rings is 1. The Balaban J connectivity index is 1.32. The van der Waals surface area contributed by atoms with E-state index in [-0.39, 0.29) is 11.6 Å². The fourth-order valence-corrected chi connectivity index (χ4v) is 6.11. The molecule has 2 aromatic carbocycles. The number of non-ortho nitro benzene ring substituents is 1. The molecule has 31 heavy (non-hydrogen) atoms. The number of hydrogen-bond donors (Lipinski definition) is 0. The highest BCUT2D eigenvalue weighted by Crippen LogP contribution is 2.36. The number of amides is 1. The lowest BCUT2D eigenvalue weighted by atomic mass is 10.2. The summed E-state index contributed by atoms with van der Waals surface area (Å²) in [5, 5.41) is 13.4. The summed E-state index contributed by atoms with van der Waals surface area (Å²) in [7, 11) is 0. The minimum Gasteiger partial charge on any atom is -0.345 e. The first-order valence-electron chi connectivity index (χ1n) is 9.68. The maximum Gasteiger partial charge on any atom is 0.270 e. The summed E-state index contributed by atoms with van der Waals surface area (Å²) in [6.45, 7) is 4.60. The van der Waals surface area contributed by atoms with E-state index in [1.807, 2.05) is 24.0 Å². The van der Waals surface area contributed by atoms with Crippen molar-refractivity contribution in [2.24, 2.45) is 0 Å². The summed E-state index contributed by atoms with van der Waals surface area (Å²) >= 11 is 9.29. The molecule has 2 aromatic heterocycles. The Kier molecular flexibility index (Phi) is 5.04. The van der Waals surface area contributed by atoms with Crippen LogP contribution in [0.3, 0.4) is 0 Å². The molecule has 0 radical (unpaired) electrons. The Labute approximate surface area is 190 Å².